The van der Waals surface area contributed by atoms with Crippen LogP contribution in [0.2, 0.25) is 0 Å². The molecule has 0 aliphatic heterocycles. The summed E-state index contributed by atoms with van der Waals surface area (Å²) >= 11 is 0. The predicted molar refractivity (Wildman–Crippen MR) is 44.0 cm³/mol. The van der Waals surface area contributed by atoms with Crippen LogP contribution in [-0.2, 0) is 0 Å². The van der Waals surface area contributed by atoms with Crippen LogP contribution in [0.3, 0.4) is 0 Å². The summed E-state index contributed by atoms with van der Waals surface area (Å²) in [5, 5.41) is 8.76. The molecule has 0 fully saturated rings. The Morgan fingerprint density at radius 1 is 1.18 bits per heavy atom. The Balaban J connectivity index is 2.98. The van der Waals surface area contributed by atoms with Gasteiger partial charge in [-0.05, 0) is 12.1 Å². The Labute approximate surface area is 91.4 Å². The van der Waals surface area contributed by atoms with Crippen LogP contribution in [0.5, 0.6) is 5.75 Å². The monoisotopic (exact) mass is 260 g/mol. The minimum Gasteiger partial charge on any atom is -0.435 e. The number of halogens is 6. The average molecular weight is 260 g/mol. The molecule has 0 saturated carbocycles. The van der Waals surface area contributed by atoms with E-state index in [9.17, 15) is 26.3 Å². The van der Waals surface area contributed by atoms with Gasteiger partial charge in [0.1, 0.15) is 11.6 Å². The van der Waals surface area contributed by atoms with Crippen LogP contribution in [0.1, 0.15) is 11.7 Å². The van der Waals surface area contributed by atoms with Crippen LogP contribution >= 0.6 is 0 Å². The Bertz CT molecular complexity index is 390. The highest BCUT2D eigenvalue weighted by Gasteiger charge is 2.40. The van der Waals surface area contributed by atoms with Gasteiger partial charge >= 0.3 is 12.8 Å². The molecule has 1 atom stereocenters. The predicted octanol–water partition coefficient (Wildman–Crippen LogP) is 3.02. The van der Waals surface area contributed by atoms with Crippen molar-refractivity contribution in [2.45, 2.75) is 18.9 Å². The van der Waals surface area contributed by atoms with Crippen molar-refractivity contribution in [2.24, 2.45) is 0 Å². The normalized spacial score (nSPS) is 13.9. The smallest absolute Gasteiger partial charge is 0.418 e. The fourth-order valence-corrected chi connectivity index (χ4v) is 1.08. The van der Waals surface area contributed by atoms with Gasteiger partial charge in [0.2, 0.25) is 0 Å². The summed E-state index contributed by atoms with van der Waals surface area (Å²) in [4.78, 5) is 0. The Kier molecular flexibility index (Phi) is 3.87. The van der Waals surface area contributed by atoms with Crippen LogP contribution in [0, 0.1) is 5.82 Å². The number of rotatable bonds is 3. The third kappa shape index (κ3) is 3.52. The molecule has 1 aromatic rings. The number of benzene rings is 1. The standard InChI is InChI=1S/C9H6F6O2/c10-6-3-4(17-8(11)12)1-2-5(6)7(16)9(13,14)15/h1-3,7-8,16H/t7-/m0/s1. The lowest BCUT2D eigenvalue weighted by atomic mass is 10.1. The lowest BCUT2D eigenvalue weighted by molar-refractivity contribution is -0.207. The SMILES string of the molecule is O[C@@H](c1ccc(OC(F)F)cc1F)C(F)(F)F. The molecule has 1 N–H and O–H groups in total. The first-order valence-electron chi connectivity index (χ1n) is 4.21. The molecule has 0 unspecified atom stereocenters. The van der Waals surface area contributed by atoms with Crippen LogP contribution < -0.4 is 4.74 Å². The van der Waals surface area contributed by atoms with Crippen molar-refractivity contribution in [3.05, 3.63) is 29.6 Å². The number of alkyl halides is 5. The Morgan fingerprint density at radius 2 is 1.76 bits per heavy atom. The molecule has 17 heavy (non-hydrogen) atoms. The maximum absolute atomic E-state index is 13.1. The topological polar surface area (TPSA) is 29.5 Å². The highest BCUT2D eigenvalue weighted by Crippen LogP contribution is 2.34. The zero-order chi connectivity index (χ0) is 13.2. The van der Waals surface area contributed by atoms with Crippen molar-refractivity contribution in [3.63, 3.8) is 0 Å². The summed E-state index contributed by atoms with van der Waals surface area (Å²) in [7, 11) is 0. The molecule has 0 spiro atoms. The first-order chi connectivity index (χ1) is 7.71. The Morgan fingerprint density at radius 3 is 2.18 bits per heavy atom. The van der Waals surface area contributed by atoms with Crippen molar-refractivity contribution < 1.29 is 36.2 Å². The summed E-state index contributed by atoms with van der Waals surface area (Å²) in [6.07, 6.45) is -8.05. The van der Waals surface area contributed by atoms with Gasteiger partial charge in [-0.3, -0.25) is 0 Å². The molecule has 0 saturated heterocycles. The second-order valence-electron chi connectivity index (χ2n) is 3.01. The highest BCUT2D eigenvalue weighted by atomic mass is 19.4. The molecule has 8 heteroatoms. The Hall–Kier alpha value is -1.44. The molecule has 0 heterocycles. The third-order valence-corrected chi connectivity index (χ3v) is 1.80. The van der Waals surface area contributed by atoms with E-state index in [-0.39, 0.29) is 0 Å². The van der Waals surface area contributed by atoms with Gasteiger partial charge in [0.05, 0.1) is 0 Å². The quantitative estimate of drug-likeness (QED) is 0.846. The second-order valence-corrected chi connectivity index (χ2v) is 3.01. The number of aliphatic hydroxyl groups is 1. The van der Waals surface area contributed by atoms with E-state index >= 15 is 0 Å². The van der Waals surface area contributed by atoms with Gasteiger partial charge in [0.15, 0.2) is 6.10 Å². The number of ether oxygens (including phenoxy) is 1. The summed E-state index contributed by atoms with van der Waals surface area (Å²) in [6, 6.07) is 1.58. The molecule has 1 rings (SSSR count). The number of hydrogen-bond donors (Lipinski definition) is 1. The van der Waals surface area contributed by atoms with E-state index < -0.39 is 36.0 Å². The van der Waals surface area contributed by atoms with E-state index in [0.717, 1.165) is 0 Å². The maximum Gasteiger partial charge on any atom is 0.418 e. The van der Waals surface area contributed by atoms with Crippen molar-refractivity contribution in [1.29, 1.82) is 0 Å². The maximum atomic E-state index is 13.1. The average Bonchev–Trinajstić information content (AvgIpc) is 2.14. The molecule has 0 bridgehead atoms. The van der Waals surface area contributed by atoms with Gasteiger partial charge in [-0.1, -0.05) is 0 Å². The van der Waals surface area contributed by atoms with E-state index in [1.165, 1.54) is 0 Å². The minimum absolute atomic E-state index is 0.344. The molecule has 0 aromatic heterocycles. The summed E-state index contributed by atoms with van der Waals surface area (Å²) in [5.41, 5.74) is -1.06. The van der Waals surface area contributed by atoms with Crippen molar-refractivity contribution >= 4 is 0 Å². The number of aliphatic hydroxyl groups excluding tert-OH is 1. The zero-order valence-electron chi connectivity index (χ0n) is 8.01. The lowest BCUT2D eigenvalue weighted by Crippen LogP contribution is -2.21. The largest absolute Gasteiger partial charge is 0.435 e. The van der Waals surface area contributed by atoms with E-state index in [2.05, 4.69) is 4.74 Å². The molecule has 2 nitrogen and oxygen atoms in total. The van der Waals surface area contributed by atoms with E-state index in [1.807, 2.05) is 0 Å². The second kappa shape index (κ2) is 4.82. The van der Waals surface area contributed by atoms with Gasteiger partial charge in [-0.2, -0.15) is 22.0 Å². The van der Waals surface area contributed by atoms with Gasteiger partial charge < -0.3 is 9.84 Å². The first kappa shape index (κ1) is 13.6. The molecule has 0 amide bonds. The van der Waals surface area contributed by atoms with Crippen LogP contribution in [0.25, 0.3) is 0 Å². The van der Waals surface area contributed by atoms with Crippen molar-refractivity contribution in [1.82, 2.24) is 0 Å². The molecule has 96 valence electrons. The molecule has 0 aliphatic rings. The zero-order valence-corrected chi connectivity index (χ0v) is 8.01. The van der Waals surface area contributed by atoms with Crippen LogP contribution in [0.4, 0.5) is 26.3 Å². The third-order valence-electron chi connectivity index (χ3n) is 1.80. The lowest BCUT2D eigenvalue weighted by Gasteiger charge is -2.16. The first-order valence-corrected chi connectivity index (χ1v) is 4.21. The fourth-order valence-electron chi connectivity index (χ4n) is 1.08. The van der Waals surface area contributed by atoms with Crippen LogP contribution in [0.15, 0.2) is 18.2 Å². The van der Waals surface area contributed by atoms with E-state index in [0.29, 0.717) is 18.2 Å². The van der Waals surface area contributed by atoms with E-state index in [1.54, 1.807) is 0 Å². The molecule has 0 radical (unpaired) electrons. The van der Waals surface area contributed by atoms with Crippen LogP contribution in [-0.4, -0.2) is 17.9 Å². The fraction of sp³-hybridized carbons (Fsp3) is 0.333. The highest BCUT2D eigenvalue weighted by molar-refractivity contribution is 5.30. The van der Waals surface area contributed by atoms with Crippen molar-refractivity contribution in [3.8, 4) is 5.75 Å². The summed E-state index contributed by atoms with van der Waals surface area (Å²) in [6.45, 7) is -3.22. The van der Waals surface area contributed by atoms with Gasteiger partial charge in [-0.15, -0.1) is 0 Å². The summed E-state index contributed by atoms with van der Waals surface area (Å²) in [5.74, 6) is -2.11. The number of hydrogen-bond acceptors (Lipinski definition) is 2. The van der Waals surface area contributed by atoms with Gasteiger partial charge in [-0.25, -0.2) is 4.39 Å². The minimum atomic E-state index is -5.04. The summed E-state index contributed by atoms with van der Waals surface area (Å²) < 4.78 is 76.5. The molecular weight excluding hydrogens is 254 g/mol. The molecular formula is C9H6F6O2. The molecule has 0 aliphatic carbocycles. The van der Waals surface area contributed by atoms with Gasteiger partial charge in [0.25, 0.3) is 0 Å². The van der Waals surface area contributed by atoms with E-state index in [4.69, 9.17) is 5.11 Å². The molecule has 1 aromatic carbocycles. The van der Waals surface area contributed by atoms with Crippen molar-refractivity contribution in [2.75, 3.05) is 0 Å². The van der Waals surface area contributed by atoms with Gasteiger partial charge in [0, 0.05) is 11.6 Å².